The number of nitrogens with two attached hydrogens (primary N) is 1. The van der Waals surface area contributed by atoms with Crippen LogP contribution in [0.15, 0.2) is 20.8 Å². The number of nitrogens with zero attached hydrogens (tertiary/aromatic N) is 4. The highest BCUT2D eigenvalue weighted by molar-refractivity contribution is 7.12. The molecule has 1 aliphatic heterocycles. The summed E-state index contributed by atoms with van der Waals surface area (Å²) < 4.78 is 19.6. The van der Waals surface area contributed by atoms with E-state index in [1.165, 1.54) is 13.2 Å². The normalized spacial score (nSPS) is 21.0. The molecule has 11 heteroatoms. The molecule has 5 rings (SSSR count). The average Bonchev–Trinajstić information content (AvgIpc) is 3.35. The summed E-state index contributed by atoms with van der Waals surface area (Å²) in [5, 5.41) is 4.20. The summed E-state index contributed by atoms with van der Waals surface area (Å²) >= 11 is 1.12. The van der Waals surface area contributed by atoms with Gasteiger partial charge in [-0.1, -0.05) is 5.16 Å². The zero-order chi connectivity index (χ0) is 20.3. The Morgan fingerprint density at radius 2 is 2.24 bits per heavy atom. The van der Waals surface area contributed by atoms with Crippen molar-refractivity contribution in [1.82, 2.24) is 13.9 Å². The molecule has 0 spiro atoms. The van der Waals surface area contributed by atoms with Gasteiger partial charge in [-0.25, -0.2) is 9.37 Å². The summed E-state index contributed by atoms with van der Waals surface area (Å²) in [4.78, 5) is 36.8. The number of hydrogen-bond acceptors (Lipinski definition) is 8. The predicted octanol–water partition coefficient (Wildman–Crippen LogP) is 1.17. The smallest absolute Gasteiger partial charge is 0.271 e. The van der Waals surface area contributed by atoms with E-state index in [9.17, 15) is 9.59 Å². The molecule has 1 aliphatic carbocycles. The monoisotopic (exact) mass is 418 g/mol. The number of pyridine rings is 2. The lowest BCUT2D eigenvalue weighted by molar-refractivity contribution is 0.211. The molecule has 1 saturated heterocycles. The van der Waals surface area contributed by atoms with E-state index in [-0.39, 0.29) is 28.6 Å². The number of fused-ring (bicyclic) bond motifs is 2. The van der Waals surface area contributed by atoms with Gasteiger partial charge in [0.05, 0.1) is 17.6 Å². The van der Waals surface area contributed by atoms with Crippen molar-refractivity contribution in [3.05, 3.63) is 32.5 Å². The topological polar surface area (TPSA) is 119 Å². The molecule has 2 aliphatic rings. The Labute approximate surface area is 167 Å². The first-order chi connectivity index (χ1) is 14.0. The van der Waals surface area contributed by atoms with Gasteiger partial charge in [-0.15, -0.1) is 0 Å². The number of aromatic nitrogens is 3. The standard InChI is InChI=1S/C18H19FN6O3S/c1-28-22-12-7-24(6-8(12)5-20)16-11(19)4-10-14(26)13-17(27)23-29-18(13)25(9-2-3-9)15(10)21-16/h4,8-9H,2-3,5-7,20H2,1H3,(H,23,27). The van der Waals surface area contributed by atoms with Crippen LogP contribution in [0.5, 0.6) is 0 Å². The van der Waals surface area contributed by atoms with Crippen molar-refractivity contribution >= 4 is 44.3 Å². The summed E-state index contributed by atoms with van der Waals surface area (Å²) in [6.45, 7) is 1.17. The van der Waals surface area contributed by atoms with E-state index in [4.69, 9.17) is 10.6 Å². The number of oxime groups is 1. The summed E-state index contributed by atoms with van der Waals surface area (Å²) in [6, 6.07) is 1.34. The van der Waals surface area contributed by atoms with Crippen LogP contribution in [0.2, 0.25) is 0 Å². The third-order valence-electron chi connectivity index (χ3n) is 5.51. The van der Waals surface area contributed by atoms with Crippen LogP contribution in [0.4, 0.5) is 10.2 Å². The maximum atomic E-state index is 15.0. The van der Waals surface area contributed by atoms with Crippen molar-refractivity contribution < 1.29 is 9.23 Å². The summed E-state index contributed by atoms with van der Waals surface area (Å²) in [6.07, 6.45) is 1.86. The number of hydrogen-bond donors (Lipinski definition) is 2. The first-order valence-corrected chi connectivity index (χ1v) is 10.2. The molecule has 29 heavy (non-hydrogen) atoms. The molecule has 3 N–H and O–H groups in total. The molecule has 3 aromatic rings. The van der Waals surface area contributed by atoms with Gasteiger partial charge in [-0.2, -0.15) is 0 Å². The van der Waals surface area contributed by atoms with Crippen LogP contribution in [-0.4, -0.2) is 46.4 Å². The van der Waals surface area contributed by atoms with Crippen LogP contribution >= 0.6 is 11.5 Å². The van der Waals surface area contributed by atoms with Gasteiger partial charge in [0.25, 0.3) is 5.56 Å². The van der Waals surface area contributed by atoms with Crippen molar-refractivity contribution in [2.75, 3.05) is 31.6 Å². The van der Waals surface area contributed by atoms with E-state index >= 15 is 4.39 Å². The lowest BCUT2D eigenvalue weighted by Crippen LogP contribution is -2.25. The van der Waals surface area contributed by atoms with Gasteiger partial charge in [0, 0.05) is 25.0 Å². The Kier molecular flexibility index (Phi) is 4.17. The first kappa shape index (κ1) is 18.3. The van der Waals surface area contributed by atoms with Gasteiger partial charge in [0.15, 0.2) is 11.6 Å². The molecular weight excluding hydrogens is 399 g/mol. The fraction of sp³-hybridized carbons (Fsp3) is 0.444. The van der Waals surface area contributed by atoms with E-state index in [0.29, 0.717) is 30.1 Å². The number of H-pyrrole nitrogens is 1. The second-order valence-corrected chi connectivity index (χ2v) is 8.18. The van der Waals surface area contributed by atoms with Crippen LogP contribution in [-0.2, 0) is 4.84 Å². The van der Waals surface area contributed by atoms with Crippen LogP contribution in [0.1, 0.15) is 18.9 Å². The lowest BCUT2D eigenvalue weighted by Gasteiger charge is -2.19. The van der Waals surface area contributed by atoms with Gasteiger partial charge in [-0.3, -0.25) is 14.0 Å². The second kappa shape index (κ2) is 6.63. The molecule has 152 valence electrons. The molecule has 0 radical (unpaired) electrons. The van der Waals surface area contributed by atoms with E-state index < -0.39 is 16.8 Å². The Bertz CT molecular complexity index is 1270. The molecule has 2 fully saturated rings. The van der Waals surface area contributed by atoms with E-state index in [2.05, 4.69) is 14.5 Å². The van der Waals surface area contributed by atoms with Gasteiger partial charge >= 0.3 is 0 Å². The minimum Gasteiger partial charge on any atom is -0.399 e. The molecule has 1 saturated carbocycles. The minimum atomic E-state index is -0.614. The SMILES string of the molecule is CON=C1CN(c2nc3c(cc2F)c(=O)c2c(=O)[nH]sc2n3C2CC2)CC1CN. The van der Waals surface area contributed by atoms with Gasteiger partial charge in [0.2, 0.25) is 5.43 Å². The van der Waals surface area contributed by atoms with Crippen molar-refractivity contribution in [1.29, 1.82) is 0 Å². The Hall–Kier alpha value is -2.79. The summed E-state index contributed by atoms with van der Waals surface area (Å²) in [7, 11) is 1.46. The molecule has 1 atom stereocenters. The number of anilines is 1. The maximum Gasteiger partial charge on any atom is 0.271 e. The van der Waals surface area contributed by atoms with Crippen molar-refractivity contribution in [2.45, 2.75) is 18.9 Å². The summed E-state index contributed by atoms with van der Waals surface area (Å²) in [5.41, 5.74) is 6.02. The van der Waals surface area contributed by atoms with Gasteiger partial charge in [0.1, 0.15) is 23.0 Å². The molecule has 9 nitrogen and oxygen atoms in total. The highest BCUT2D eigenvalue weighted by Crippen LogP contribution is 2.40. The van der Waals surface area contributed by atoms with Crippen molar-refractivity contribution in [3.63, 3.8) is 0 Å². The van der Waals surface area contributed by atoms with E-state index in [1.807, 2.05) is 4.57 Å². The highest BCUT2D eigenvalue weighted by Gasteiger charge is 2.33. The number of aromatic amines is 1. The molecule has 1 unspecified atom stereocenters. The van der Waals surface area contributed by atoms with Crippen molar-refractivity contribution in [3.8, 4) is 0 Å². The van der Waals surface area contributed by atoms with E-state index in [0.717, 1.165) is 30.1 Å². The van der Waals surface area contributed by atoms with Crippen LogP contribution in [0, 0.1) is 11.7 Å². The molecular formula is C18H19FN6O3S. The highest BCUT2D eigenvalue weighted by atomic mass is 32.1. The molecule has 3 aromatic heterocycles. The first-order valence-electron chi connectivity index (χ1n) is 9.34. The summed E-state index contributed by atoms with van der Waals surface area (Å²) in [5.74, 6) is -0.527. The Morgan fingerprint density at radius 1 is 1.45 bits per heavy atom. The third kappa shape index (κ3) is 2.76. The number of halogens is 1. The number of rotatable bonds is 4. The van der Waals surface area contributed by atoms with Crippen LogP contribution in [0.25, 0.3) is 21.3 Å². The molecule has 4 heterocycles. The van der Waals surface area contributed by atoms with Crippen molar-refractivity contribution in [2.24, 2.45) is 16.8 Å². The Morgan fingerprint density at radius 3 is 2.93 bits per heavy atom. The minimum absolute atomic E-state index is 0.0603. The zero-order valence-corrected chi connectivity index (χ0v) is 16.5. The van der Waals surface area contributed by atoms with Crippen LogP contribution < -0.4 is 21.6 Å². The number of nitrogens with one attached hydrogen (secondary N) is 1. The Balaban J connectivity index is 1.73. The largest absolute Gasteiger partial charge is 0.399 e. The zero-order valence-electron chi connectivity index (χ0n) is 15.6. The molecule has 0 amide bonds. The fourth-order valence-corrected chi connectivity index (χ4v) is 4.87. The predicted molar refractivity (Wildman–Crippen MR) is 109 cm³/mol. The molecule has 0 bridgehead atoms. The average molecular weight is 418 g/mol. The van der Waals surface area contributed by atoms with Gasteiger partial charge in [-0.05, 0) is 30.4 Å². The third-order valence-corrected chi connectivity index (χ3v) is 6.39. The molecule has 0 aromatic carbocycles. The lowest BCUT2D eigenvalue weighted by atomic mass is 10.1. The quantitative estimate of drug-likeness (QED) is 0.614. The fourth-order valence-electron chi connectivity index (χ4n) is 3.96. The van der Waals surface area contributed by atoms with Crippen LogP contribution in [0.3, 0.4) is 0 Å². The second-order valence-electron chi connectivity index (χ2n) is 7.39. The maximum absolute atomic E-state index is 15.0. The van der Waals surface area contributed by atoms with E-state index in [1.54, 1.807) is 4.90 Å². The van der Waals surface area contributed by atoms with Gasteiger partial charge < -0.3 is 20.0 Å².